The van der Waals surface area contributed by atoms with Crippen molar-refractivity contribution in [3.8, 4) is 5.69 Å². The van der Waals surface area contributed by atoms with Crippen molar-refractivity contribution in [3.05, 3.63) is 119 Å². The summed E-state index contributed by atoms with van der Waals surface area (Å²) in [7, 11) is 0. The zero-order chi connectivity index (χ0) is 28.2. The number of nitrogen functional groups attached to an aromatic ring is 1. The van der Waals surface area contributed by atoms with Crippen LogP contribution in [-0.4, -0.2) is 26.5 Å². The number of nitrogens with two attached hydrogens (primary N) is 1. The average Bonchev–Trinajstić information content (AvgIpc) is 3.39. The lowest BCUT2D eigenvalue weighted by atomic mass is 9.91. The fraction of sp³-hybridized carbons (Fsp3) is 0.161. The van der Waals surface area contributed by atoms with E-state index in [1.165, 1.54) is 6.07 Å². The Hall–Kier alpha value is -4.92. The Kier molecular flexibility index (Phi) is 7.63. The Morgan fingerprint density at radius 1 is 0.925 bits per heavy atom. The van der Waals surface area contributed by atoms with Crippen molar-refractivity contribution in [2.24, 2.45) is 5.92 Å². The summed E-state index contributed by atoms with van der Waals surface area (Å²) in [6.45, 7) is 2.15. The number of anilines is 1. The Balaban J connectivity index is 1.33. The topological polar surface area (TPSA) is 103 Å². The molecule has 0 saturated heterocycles. The van der Waals surface area contributed by atoms with Gasteiger partial charge < -0.3 is 11.1 Å². The lowest BCUT2D eigenvalue weighted by Gasteiger charge is -2.17. The largest absolute Gasteiger partial charge is 0.383 e. The van der Waals surface area contributed by atoms with Gasteiger partial charge in [0.15, 0.2) is 17.4 Å². The predicted octanol–water partition coefficient (Wildman–Crippen LogP) is 5.34. The minimum Gasteiger partial charge on any atom is -0.383 e. The van der Waals surface area contributed by atoms with Gasteiger partial charge in [0.1, 0.15) is 5.82 Å². The first-order chi connectivity index (χ1) is 19.3. The maximum atomic E-state index is 13.9. The van der Waals surface area contributed by atoms with Gasteiger partial charge in [0, 0.05) is 47.9 Å². The Bertz CT molecular complexity index is 1700. The smallest absolute Gasteiger partial charge is 0.224 e. The van der Waals surface area contributed by atoms with E-state index >= 15 is 0 Å². The molecule has 0 aliphatic rings. The second kappa shape index (κ2) is 11.4. The fourth-order valence-corrected chi connectivity index (χ4v) is 4.67. The van der Waals surface area contributed by atoms with Crippen LogP contribution in [0.25, 0.3) is 16.5 Å². The molecule has 0 spiro atoms. The number of carbonyl (C=O) groups excluding carboxylic acids is 2. The summed E-state index contributed by atoms with van der Waals surface area (Å²) in [5.41, 5.74) is 9.39. The number of Topliss-reactive ketones (excluding diaryl/α,β-unsaturated/α-hetero) is 1. The molecule has 40 heavy (non-hydrogen) atoms. The SMILES string of the molecule is Cc1ccnn1-c1ccc(C(=O)C[C@@H](Cc2ccc(F)c(F)c2)C(=O)NCc2ccc3c(N)nccc3c2)cc1. The molecule has 202 valence electrons. The second-order valence-corrected chi connectivity index (χ2v) is 9.68. The molecule has 0 radical (unpaired) electrons. The Morgan fingerprint density at radius 3 is 2.42 bits per heavy atom. The first-order valence-electron chi connectivity index (χ1n) is 12.8. The number of aryl methyl sites for hydroxylation is 1. The van der Waals surface area contributed by atoms with Gasteiger partial charge in [0.25, 0.3) is 0 Å². The number of ketones is 1. The van der Waals surface area contributed by atoms with Crippen molar-refractivity contribution in [2.45, 2.75) is 26.3 Å². The highest BCUT2D eigenvalue weighted by Gasteiger charge is 2.24. The van der Waals surface area contributed by atoms with E-state index in [1.54, 1.807) is 41.3 Å². The summed E-state index contributed by atoms with van der Waals surface area (Å²) >= 11 is 0. The standard InChI is InChI=1S/C31H27F2N5O2/c1-19-10-13-37-38(19)25-6-4-22(5-7-25)29(39)17-24(14-20-3-9-27(32)28(33)16-20)31(40)36-18-21-2-8-26-23(15-21)11-12-35-30(26)34/h2-13,15-16,24H,14,17-18H2,1H3,(H2,34,35)(H,36,40)/t24-/m1/s1. The number of carbonyl (C=O) groups is 2. The molecule has 0 saturated carbocycles. The molecule has 2 aromatic heterocycles. The minimum absolute atomic E-state index is 0.0687. The van der Waals surface area contributed by atoms with E-state index in [1.807, 2.05) is 37.3 Å². The molecule has 1 atom stereocenters. The lowest BCUT2D eigenvalue weighted by Crippen LogP contribution is -2.33. The van der Waals surface area contributed by atoms with E-state index in [0.717, 1.165) is 39.8 Å². The number of hydrogen-bond donors (Lipinski definition) is 2. The monoisotopic (exact) mass is 539 g/mol. The van der Waals surface area contributed by atoms with E-state index in [2.05, 4.69) is 15.4 Å². The number of nitrogens with one attached hydrogen (secondary N) is 1. The van der Waals surface area contributed by atoms with Gasteiger partial charge in [-0.3, -0.25) is 9.59 Å². The van der Waals surface area contributed by atoms with Gasteiger partial charge in [-0.25, -0.2) is 18.4 Å². The Morgan fingerprint density at radius 2 is 1.70 bits per heavy atom. The summed E-state index contributed by atoms with van der Waals surface area (Å²) in [4.78, 5) is 30.6. The van der Waals surface area contributed by atoms with Crippen LogP contribution >= 0.6 is 0 Å². The number of pyridine rings is 1. The molecule has 0 fully saturated rings. The quantitative estimate of drug-likeness (QED) is 0.246. The van der Waals surface area contributed by atoms with Gasteiger partial charge in [-0.15, -0.1) is 0 Å². The van der Waals surface area contributed by atoms with Crippen LogP contribution in [0.3, 0.4) is 0 Å². The van der Waals surface area contributed by atoms with Gasteiger partial charge in [-0.2, -0.15) is 5.10 Å². The maximum Gasteiger partial charge on any atom is 0.224 e. The molecule has 5 aromatic rings. The van der Waals surface area contributed by atoms with Gasteiger partial charge in [-0.05, 0) is 84.5 Å². The highest BCUT2D eigenvalue weighted by Crippen LogP contribution is 2.22. The maximum absolute atomic E-state index is 13.9. The van der Waals surface area contributed by atoms with Gasteiger partial charge in [0.05, 0.1) is 5.69 Å². The minimum atomic E-state index is -1.00. The molecule has 7 nitrogen and oxygen atoms in total. The van der Waals surface area contributed by atoms with Crippen molar-refractivity contribution in [2.75, 3.05) is 5.73 Å². The number of aromatic nitrogens is 3. The zero-order valence-corrected chi connectivity index (χ0v) is 21.8. The van der Waals surface area contributed by atoms with Gasteiger partial charge in [-0.1, -0.05) is 18.2 Å². The number of hydrogen-bond acceptors (Lipinski definition) is 5. The molecule has 0 aliphatic heterocycles. The highest BCUT2D eigenvalue weighted by molar-refractivity contribution is 5.99. The first kappa shape index (κ1) is 26.7. The predicted molar refractivity (Wildman–Crippen MR) is 149 cm³/mol. The molecular weight excluding hydrogens is 512 g/mol. The van der Waals surface area contributed by atoms with Crippen molar-refractivity contribution >= 4 is 28.3 Å². The lowest BCUT2D eigenvalue weighted by molar-refractivity contribution is -0.125. The molecule has 0 unspecified atom stereocenters. The van der Waals surface area contributed by atoms with Crippen LogP contribution in [-0.2, 0) is 17.8 Å². The van der Waals surface area contributed by atoms with E-state index in [-0.39, 0.29) is 31.1 Å². The van der Waals surface area contributed by atoms with Crippen molar-refractivity contribution in [1.82, 2.24) is 20.1 Å². The van der Waals surface area contributed by atoms with E-state index in [0.29, 0.717) is 16.9 Å². The van der Waals surface area contributed by atoms with Crippen molar-refractivity contribution < 1.29 is 18.4 Å². The highest BCUT2D eigenvalue weighted by atomic mass is 19.2. The van der Waals surface area contributed by atoms with Crippen molar-refractivity contribution in [3.63, 3.8) is 0 Å². The van der Waals surface area contributed by atoms with Crippen LogP contribution in [0.4, 0.5) is 14.6 Å². The molecule has 0 bridgehead atoms. The summed E-state index contributed by atoms with van der Waals surface area (Å²) in [6, 6.07) is 19.8. The van der Waals surface area contributed by atoms with E-state index in [4.69, 9.17) is 5.73 Å². The van der Waals surface area contributed by atoms with Gasteiger partial charge in [0.2, 0.25) is 5.91 Å². The molecule has 3 aromatic carbocycles. The summed E-state index contributed by atoms with van der Waals surface area (Å²) < 4.78 is 29.2. The number of fused-ring (bicyclic) bond motifs is 1. The van der Waals surface area contributed by atoms with Crippen LogP contribution < -0.4 is 11.1 Å². The molecule has 1 amide bonds. The van der Waals surface area contributed by atoms with Crippen LogP contribution in [0.2, 0.25) is 0 Å². The second-order valence-electron chi connectivity index (χ2n) is 9.68. The summed E-state index contributed by atoms with van der Waals surface area (Å²) in [5.74, 6) is -2.95. The van der Waals surface area contributed by atoms with Crippen LogP contribution in [0.15, 0.2) is 85.2 Å². The normalized spacial score (nSPS) is 11.9. The number of nitrogens with zero attached hydrogens (tertiary/aromatic N) is 3. The van der Waals surface area contributed by atoms with E-state index < -0.39 is 17.6 Å². The average molecular weight is 540 g/mol. The van der Waals surface area contributed by atoms with Gasteiger partial charge >= 0.3 is 0 Å². The number of amides is 1. The third-order valence-corrected chi connectivity index (χ3v) is 6.86. The summed E-state index contributed by atoms with van der Waals surface area (Å²) in [5, 5.41) is 8.87. The van der Waals surface area contributed by atoms with Crippen LogP contribution in [0.1, 0.15) is 33.6 Å². The molecule has 2 heterocycles. The van der Waals surface area contributed by atoms with Crippen LogP contribution in [0, 0.1) is 24.5 Å². The molecular formula is C31H27F2N5O2. The third-order valence-electron chi connectivity index (χ3n) is 6.86. The van der Waals surface area contributed by atoms with Crippen molar-refractivity contribution in [1.29, 1.82) is 0 Å². The number of rotatable bonds is 9. The number of benzene rings is 3. The molecule has 9 heteroatoms. The van der Waals surface area contributed by atoms with Crippen LogP contribution in [0.5, 0.6) is 0 Å². The van der Waals surface area contributed by atoms with E-state index in [9.17, 15) is 18.4 Å². The zero-order valence-electron chi connectivity index (χ0n) is 21.8. The fourth-order valence-electron chi connectivity index (χ4n) is 4.67. The Labute approximate surface area is 229 Å². The molecule has 5 rings (SSSR count). The first-order valence-corrected chi connectivity index (χ1v) is 12.8. The molecule has 3 N–H and O–H groups in total. The summed E-state index contributed by atoms with van der Waals surface area (Å²) in [6.07, 6.45) is 3.27. The molecule has 0 aliphatic carbocycles. The third kappa shape index (κ3) is 5.88. The number of halogens is 2.